The first-order chi connectivity index (χ1) is 7.77. The first-order valence-electron chi connectivity index (χ1n) is 5.34. The molecule has 4 nitrogen and oxygen atoms in total. The lowest BCUT2D eigenvalue weighted by Gasteiger charge is -2.07. The van der Waals surface area contributed by atoms with Crippen molar-refractivity contribution in [3.63, 3.8) is 0 Å². The van der Waals surface area contributed by atoms with E-state index >= 15 is 0 Å². The van der Waals surface area contributed by atoms with E-state index < -0.39 is 0 Å². The van der Waals surface area contributed by atoms with Gasteiger partial charge in [0.25, 0.3) is 0 Å². The molecule has 0 atom stereocenters. The Hall–Kier alpha value is -1.68. The molecule has 0 amide bonds. The van der Waals surface area contributed by atoms with Crippen molar-refractivity contribution in [2.45, 2.75) is 20.0 Å². The van der Waals surface area contributed by atoms with E-state index in [4.69, 9.17) is 0 Å². The number of nitrogens with one attached hydrogen (secondary N) is 1. The molecule has 84 valence electrons. The van der Waals surface area contributed by atoms with Crippen molar-refractivity contribution in [1.29, 1.82) is 0 Å². The maximum absolute atomic E-state index is 4.12. The molecule has 2 aromatic heterocycles. The number of hydrogen-bond donors (Lipinski definition) is 1. The summed E-state index contributed by atoms with van der Waals surface area (Å²) in [7, 11) is 1.95. The molecule has 0 fully saturated rings. The smallest absolute Gasteiger partial charge is 0.0518 e. The van der Waals surface area contributed by atoms with E-state index in [1.807, 2.05) is 42.5 Å². The Morgan fingerprint density at radius 2 is 2.12 bits per heavy atom. The van der Waals surface area contributed by atoms with Crippen LogP contribution in [0.1, 0.15) is 16.8 Å². The Kier molecular flexibility index (Phi) is 3.31. The van der Waals surface area contributed by atoms with Crippen molar-refractivity contribution in [3.8, 4) is 0 Å². The van der Waals surface area contributed by atoms with E-state index in [2.05, 4.69) is 22.3 Å². The number of aryl methyl sites for hydroxylation is 2. The summed E-state index contributed by atoms with van der Waals surface area (Å²) in [5.41, 5.74) is 3.69. The van der Waals surface area contributed by atoms with E-state index in [1.165, 1.54) is 16.8 Å². The van der Waals surface area contributed by atoms with Gasteiger partial charge in [0.05, 0.1) is 5.69 Å². The van der Waals surface area contributed by atoms with Crippen LogP contribution in [0.3, 0.4) is 0 Å². The fraction of sp³-hybridized carbons (Fsp3) is 0.333. The van der Waals surface area contributed by atoms with Crippen LogP contribution in [0.2, 0.25) is 0 Å². The SMILES string of the molecule is Cc1ccncc1CNCc1ccnn1C. The van der Waals surface area contributed by atoms with Gasteiger partial charge in [-0.15, -0.1) is 0 Å². The summed E-state index contributed by atoms with van der Waals surface area (Å²) in [6.45, 7) is 3.76. The zero-order chi connectivity index (χ0) is 11.4. The lowest BCUT2D eigenvalue weighted by atomic mass is 10.1. The maximum Gasteiger partial charge on any atom is 0.0518 e. The molecule has 0 bridgehead atoms. The minimum absolute atomic E-state index is 0.824. The molecular weight excluding hydrogens is 200 g/mol. The molecule has 0 saturated heterocycles. The molecule has 0 aromatic carbocycles. The average molecular weight is 216 g/mol. The zero-order valence-electron chi connectivity index (χ0n) is 9.64. The Balaban J connectivity index is 1.89. The van der Waals surface area contributed by atoms with Crippen LogP contribution in [0.4, 0.5) is 0 Å². The zero-order valence-corrected chi connectivity index (χ0v) is 9.64. The Morgan fingerprint density at radius 1 is 1.25 bits per heavy atom. The third-order valence-electron chi connectivity index (χ3n) is 2.69. The van der Waals surface area contributed by atoms with Crippen LogP contribution in [0.5, 0.6) is 0 Å². The molecule has 0 spiro atoms. The van der Waals surface area contributed by atoms with Crippen LogP contribution in [-0.4, -0.2) is 14.8 Å². The van der Waals surface area contributed by atoms with Gasteiger partial charge in [0.15, 0.2) is 0 Å². The van der Waals surface area contributed by atoms with Crippen LogP contribution in [-0.2, 0) is 20.1 Å². The van der Waals surface area contributed by atoms with Crippen molar-refractivity contribution in [3.05, 3.63) is 47.5 Å². The molecule has 0 saturated carbocycles. The highest BCUT2D eigenvalue weighted by Crippen LogP contribution is 2.04. The van der Waals surface area contributed by atoms with E-state index in [1.54, 1.807) is 0 Å². The van der Waals surface area contributed by atoms with Crippen LogP contribution < -0.4 is 5.32 Å². The van der Waals surface area contributed by atoms with Gasteiger partial charge in [-0.1, -0.05) is 0 Å². The second-order valence-electron chi connectivity index (χ2n) is 3.85. The Morgan fingerprint density at radius 3 is 2.81 bits per heavy atom. The molecule has 4 heteroatoms. The molecule has 16 heavy (non-hydrogen) atoms. The van der Waals surface area contributed by atoms with Crippen molar-refractivity contribution in [2.75, 3.05) is 0 Å². The van der Waals surface area contributed by atoms with Gasteiger partial charge >= 0.3 is 0 Å². The van der Waals surface area contributed by atoms with E-state index in [0.29, 0.717) is 0 Å². The minimum atomic E-state index is 0.824. The van der Waals surface area contributed by atoms with Gasteiger partial charge in [-0.3, -0.25) is 9.67 Å². The van der Waals surface area contributed by atoms with Gasteiger partial charge in [-0.2, -0.15) is 5.10 Å². The fourth-order valence-corrected chi connectivity index (χ4v) is 1.58. The normalized spacial score (nSPS) is 10.6. The molecular formula is C12H16N4. The highest BCUT2D eigenvalue weighted by molar-refractivity contribution is 5.21. The summed E-state index contributed by atoms with van der Waals surface area (Å²) in [4.78, 5) is 4.12. The average Bonchev–Trinajstić information content (AvgIpc) is 2.67. The quantitative estimate of drug-likeness (QED) is 0.840. The predicted octanol–water partition coefficient (Wildman–Crippen LogP) is 1.41. The summed E-state index contributed by atoms with van der Waals surface area (Å²) in [5, 5.41) is 7.51. The van der Waals surface area contributed by atoms with Gasteiger partial charge in [0.1, 0.15) is 0 Å². The second kappa shape index (κ2) is 4.90. The van der Waals surface area contributed by atoms with E-state index in [-0.39, 0.29) is 0 Å². The van der Waals surface area contributed by atoms with E-state index in [9.17, 15) is 0 Å². The van der Waals surface area contributed by atoms with Gasteiger partial charge in [-0.25, -0.2) is 0 Å². The number of pyridine rings is 1. The summed E-state index contributed by atoms with van der Waals surface area (Å²) >= 11 is 0. The van der Waals surface area contributed by atoms with E-state index in [0.717, 1.165) is 13.1 Å². The molecule has 2 rings (SSSR count). The van der Waals surface area contributed by atoms with Crippen molar-refractivity contribution in [1.82, 2.24) is 20.1 Å². The topological polar surface area (TPSA) is 42.7 Å². The standard InChI is InChI=1S/C12H16N4/c1-10-3-5-13-7-11(10)8-14-9-12-4-6-15-16(12)2/h3-7,14H,8-9H2,1-2H3. The molecule has 2 aromatic rings. The van der Waals surface area contributed by atoms with Gasteiger partial charge in [-0.05, 0) is 30.2 Å². The van der Waals surface area contributed by atoms with Crippen LogP contribution in [0.15, 0.2) is 30.7 Å². The first kappa shape index (κ1) is 10.8. The van der Waals surface area contributed by atoms with Crippen molar-refractivity contribution < 1.29 is 0 Å². The van der Waals surface area contributed by atoms with Crippen LogP contribution in [0, 0.1) is 6.92 Å². The highest BCUT2D eigenvalue weighted by Gasteiger charge is 1.99. The first-order valence-corrected chi connectivity index (χ1v) is 5.34. The molecule has 0 aliphatic rings. The molecule has 1 N–H and O–H groups in total. The number of rotatable bonds is 4. The number of nitrogens with zero attached hydrogens (tertiary/aromatic N) is 3. The predicted molar refractivity (Wildman–Crippen MR) is 62.7 cm³/mol. The summed E-state index contributed by atoms with van der Waals surface area (Å²) < 4.78 is 1.88. The molecule has 0 aliphatic carbocycles. The molecule has 0 radical (unpaired) electrons. The molecule has 0 unspecified atom stereocenters. The lowest BCUT2D eigenvalue weighted by Crippen LogP contribution is -2.16. The van der Waals surface area contributed by atoms with Crippen molar-refractivity contribution in [2.24, 2.45) is 7.05 Å². The summed E-state index contributed by atoms with van der Waals surface area (Å²) in [5.74, 6) is 0. The fourth-order valence-electron chi connectivity index (χ4n) is 1.58. The number of hydrogen-bond acceptors (Lipinski definition) is 3. The maximum atomic E-state index is 4.12. The highest BCUT2D eigenvalue weighted by atomic mass is 15.3. The lowest BCUT2D eigenvalue weighted by molar-refractivity contribution is 0.624. The third-order valence-corrected chi connectivity index (χ3v) is 2.69. The number of aromatic nitrogens is 3. The van der Waals surface area contributed by atoms with Crippen LogP contribution >= 0.6 is 0 Å². The summed E-state index contributed by atoms with van der Waals surface area (Å²) in [6, 6.07) is 4.05. The van der Waals surface area contributed by atoms with Gasteiger partial charge < -0.3 is 5.32 Å². The second-order valence-corrected chi connectivity index (χ2v) is 3.85. The third kappa shape index (κ3) is 2.46. The van der Waals surface area contributed by atoms with Crippen molar-refractivity contribution >= 4 is 0 Å². The Labute approximate surface area is 95.3 Å². The molecule has 2 heterocycles. The van der Waals surface area contributed by atoms with Gasteiger partial charge in [0.2, 0.25) is 0 Å². The monoisotopic (exact) mass is 216 g/mol. The molecule has 0 aliphatic heterocycles. The van der Waals surface area contributed by atoms with Crippen LogP contribution in [0.25, 0.3) is 0 Å². The largest absolute Gasteiger partial charge is 0.307 e. The Bertz CT molecular complexity index is 462. The summed E-state index contributed by atoms with van der Waals surface area (Å²) in [6.07, 6.45) is 5.54. The minimum Gasteiger partial charge on any atom is -0.307 e. The van der Waals surface area contributed by atoms with Gasteiger partial charge in [0, 0.05) is 38.7 Å².